The fourth-order valence-corrected chi connectivity index (χ4v) is 6.09. The SMILES string of the molecule is Cc1cc(C2(N)N=C(N)NN2)ccc1N1CCN([C@H]2C[C@@H]3CC[C@H]2C3)[C@H](C)C1. The molecule has 5 rings (SSSR count). The lowest BCUT2D eigenvalue weighted by Gasteiger charge is -2.46. The van der Waals surface area contributed by atoms with Gasteiger partial charge in [-0.3, -0.25) is 16.1 Å². The van der Waals surface area contributed by atoms with Crippen molar-refractivity contribution in [2.45, 2.75) is 57.4 Å². The maximum Gasteiger partial charge on any atom is 0.209 e. The van der Waals surface area contributed by atoms with Crippen LogP contribution < -0.4 is 27.2 Å². The maximum absolute atomic E-state index is 6.35. The molecular formula is C21H33N7. The highest BCUT2D eigenvalue weighted by Gasteiger charge is 2.44. The molecule has 6 N–H and O–H groups in total. The van der Waals surface area contributed by atoms with Crippen LogP contribution in [0.3, 0.4) is 0 Å². The summed E-state index contributed by atoms with van der Waals surface area (Å²) < 4.78 is 0. The summed E-state index contributed by atoms with van der Waals surface area (Å²) in [4.78, 5) is 9.63. The highest BCUT2D eigenvalue weighted by atomic mass is 15.6. The van der Waals surface area contributed by atoms with Crippen molar-refractivity contribution in [1.29, 1.82) is 0 Å². The third-order valence-corrected chi connectivity index (χ3v) is 7.46. The number of hydrazine groups is 1. The van der Waals surface area contributed by atoms with Gasteiger partial charge in [0.1, 0.15) is 0 Å². The molecule has 5 atom stereocenters. The molecule has 0 amide bonds. The van der Waals surface area contributed by atoms with Crippen molar-refractivity contribution in [3.8, 4) is 0 Å². The molecule has 1 aromatic rings. The fourth-order valence-electron chi connectivity index (χ4n) is 6.09. The summed E-state index contributed by atoms with van der Waals surface area (Å²) in [6.07, 6.45) is 5.85. The predicted octanol–water partition coefficient (Wildman–Crippen LogP) is 1.19. The van der Waals surface area contributed by atoms with Gasteiger partial charge in [0.2, 0.25) is 11.7 Å². The number of nitrogens with two attached hydrogens (primary N) is 2. The number of fused-ring (bicyclic) bond motifs is 2. The van der Waals surface area contributed by atoms with Crippen LogP contribution in [0.1, 0.15) is 43.7 Å². The van der Waals surface area contributed by atoms with E-state index in [9.17, 15) is 0 Å². The zero-order valence-electron chi connectivity index (χ0n) is 17.0. The lowest BCUT2D eigenvalue weighted by atomic mass is 9.92. The number of piperazine rings is 1. The lowest BCUT2D eigenvalue weighted by Crippen LogP contribution is -2.56. The topological polar surface area (TPSA) is 94.9 Å². The van der Waals surface area contributed by atoms with E-state index in [0.29, 0.717) is 12.0 Å². The number of benzene rings is 1. The molecule has 7 heteroatoms. The van der Waals surface area contributed by atoms with Crippen molar-refractivity contribution < 1.29 is 0 Å². The van der Waals surface area contributed by atoms with Crippen LogP contribution >= 0.6 is 0 Å². The monoisotopic (exact) mass is 383 g/mol. The van der Waals surface area contributed by atoms with Gasteiger partial charge in [0.05, 0.1) is 0 Å². The molecule has 28 heavy (non-hydrogen) atoms. The van der Waals surface area contributed by atoms with Gasteiger partial charge in [-0.1, -0.05) is 12.5 Å². The van der Waals surface area contributed by atoms with E-state index in [4.69, 9.17) is 11.5 Å². The van der Waals surface area contributed by atoms with Crippen molar-refractivity contribution in [3.63, 3.8) is 0 Å². The van der Waals surface area contributed by atoms with Crippen LogP contribution in [0, 0.1) is 18.8 Å². The van der Waals surface area contributed by atoms with Gasteiger partial charge in [-0.25, -0.2) is 4.99 Å². The number of rotatable bonds is 3. The highest BCUT2D eigenvalue weighted by molar-refractivity contribution is 5.79. The molecular weight excluding hydrogens is 350 g/mol. The van der Waals surface area contributed by atoms with Gasteiger partial charge in [-0.05, 0) is 62.6 Å². The zero-order chi connectivity index (χ0) is 19.5. The molecule has 4 aliphatic rings. The molecule has 1 saturated heterocycles. The molecule has 2 heterocycles. The number of anilines is 1. The molecule has 2 aliphatic heterocycles. The second kappa shape index (κ2) is 6.61. The summed E-state index contributed by atoms with van der Waals surface area (Å²) in [5, 5.41) is 0. The van der Waals surface area contributed by atoms with Crippen LogP contribution in [0.15, 0.2) is 23.2 Å². The summed E-state index contributed by atoms with van der Waals surface area (Å²) in [5.74, 6) is 1.28. The van der Waals surface area contributed by atoms with Crippen LogP contribution in [0.2, 0.25) is 0 Å². The molecule has 3 fully saturated rings. The van der Waals surface area contributed by atoms with Gasteiger partial charge in [0, 0.05) is 43.0 Å². The molecule has 0 radical (unpaired) electrons. The van der Waals surface area contributed by atoms with Crippen LogP contribution in [0.5, 0.6) is 0 Å². The minimum Gasteiger partial charge on any atom is -0.369 e. The Labute approximate surface area is 167 Å². The van der Waals surface area contributed by atoms with E-state index < -0.39 is 5.79 Å². The first kappa shape index (κ1) is 18.2. The third-order valence-electron chi connectivity index (χ3n) is 7.46. The lowest BCUT2D eigenvalue weighted by molar-refractivity contribution is 0.0901. The largest absolute Gasteiger partial charge is 0.369 e. The fraction of sp³-hybridized carbons (Fsp3) is 0.667. The second-order valence-electron chi connectivity index (χ2n) is 9.29. The maximum atomic E-state index is 6.35. The minimum absolute atomic E-state index is 0.315. The van der Waals surface area contributed by atoms with E-state index >= 15 is 0 Å². The Hall–Kier alpha value is -1.83. The Morgan fingerprint density at radius 1 is 1.21 bits per heavy atom. The number of hydrogen-bond acceptors (Lipinski definition) is 7. The van der Waals surface area contributed by atoms with E-state index in [2.05, 4.69) is 57.7 Å². The van der Waals surface area contributed by atoms with Crippen LogP contribution in [0.25, 0.3) is 0 Å². The summed E-state index contributed by atoms with van der Waals surface area (Å²) in [6.45, 7) is 7.92. The number of nitrogens with zero attached hydrogens (tertiary/aromatic N) is 3. The van der Waals surface area contributed by atoms with Crippen LogP contribution in [0.4, 0.5) is 5.69 Å². The standard InChI is InChI=1S/C21H33N7/c1-13-9-17(21(23)24-20(22)25-26-21)5-6-18(13)27-7-8-28(14(2)12-27)19-11-15-3-4-16(19)10-15/h5-6,9,14-16,19,26H,3-4,7-8,10-12,23H2,1-2H3,(H3,22,24,25)/t14-,15-,16+,19+,21?/m1/s1. The quantitative estimate of drug-likeness (QED) is 0.626. The second-order valence-corrected chi connectivity index (χ2v) is 9.29. The van der Waals surface area contributed by atoms with E-state index in [1.54, 1.807) is 0 Å². The molecule has 2 saturated carbocycles. The molecule has 0 spiro atoms. The molecule has 1 aromatic carbocycles. The summed E-state index contributed by atoms with van der Waals surface area (Å²) in [5.41, 5.74) is 21.3. The van der Waals surface area contributed by atoms with E-state index in [1.165, 1.54) is 43.5 Å². The molecule has 1 unspecified atom stereocenters. The van der Waals surface area contributed by atoms with Crippen LogP contribution in [-0.4, -0.2) is 42.6 Å². The first-order chi connectivity index (χ1) is 13.4. The summed E-state index contributed by atoms with van der Waals surface area (Å²) in [6, 6.07) is 7.81. The molecule has 0 aromatic heterocycles. The van der Waals surface area contributed by atoms with Gasteiger partial charge in [-0.15, -0.1) is 0 Å². The average Bonchev–Trinajstić information content (AvgIpc) is 3.38. The van der Waals surface area contributed by atoms with Crippen LogP contribution in [-0.2, 0) is 5.79 Å². The van der Waals surface area contributed by atoms with E-state index in [1.807, 2.05) is 0 Å². The van der Waals surface area contributed by atoms with Crippen molar-refractivity contribution in [2.75, 3.05) is 24.5 Å². The highest BCUT2D eigenvalue weighted by Crippen LogP contribution is 2.47. The molecule has 2 aliphatic carbocycles. The van der Waals surface area contributed by atoms with Gasteiger partial charge < -0.3 is 10.6 Å². The smallest absolute Gasteiger partial charge is 0.209 e. The molecule has 7 nitrogen and oxygen atoms in total. The zero-order valence-corrected chi connectivity index (χ0v) is 17.0. The Kier molecular flexibility index (Phi) is 4.30. The Morgan fingerprint density at radius 2 is 2.07 bits per heavy atom. The normalized spacial score (nSPS) is 38.0. The number of nitrogens with one attached hydrogen (secondary N) is 2. The van der Waals surface area contributed by atoms with Gasteiger partial charge in [0.15, 0.2) is 0 Å². The van der Waals surface area contributed by atoms with Crippen molar-refractivity contribution >= 4 is 11.6 Å². The Balaban J connectivity index is 1.30. The number of aliphatic imine (C=N–C) groups is 1. The Bertz CT molecular complexity index is 793. The van der Waals surface area contributed by atoms with Crippen molar-refractivity contribution in [3.05, 3.63) is 29.3 Å². The van der Waals surface area contributed by atoms with E-state index in [0.717, 1.165) is 36.5 Å². The summed E-state index contributed by atoms with van der Waals surface area (Å²) >= 11 is 0. The number of hydrogen-bond donors (Lipinski definition) is 4. The minimum atomic E-state index is -0.999. The first-order valence-corrected chi connectivity index (χ1v) is 10.7. The summed E-state index contributed by atoms with van der Waals surface area (Å²) in [7, 11) is 0. The third kappa shape index (κ3) is 2.96. The Morgan fingerprint density at radius 3 is 2.68 bits per heavy atom. The average molecular weight is 384 g/mol. The number of guanidine groups is 1. The van der Waals surface area contributed by atoms with Gasteiger partial charge >= 0.3 is 0 Å². The van der Waals surface area contributed by atoms with Crippen molar-refractivity contribution in [2.24, 2.45) is 28.3 Å². The van der Waals surface area contributed by atoms with E-state index in [-0.39, 0.29) is 0 Å². The number of aryl methyl sites for hydroxylation is 1. The van der Waals surface area contributed by atoms with Crippen molar-refractivity contribution in [1.82, 2.24) is 15.8 Å². The first-order valence-electron chi connectivity index (χ1n) is 10.7. The molecule has 152 valence electrons. The predicted molar refractivity (Wildman–Crippen MR) is 113 cm³/mol. The van der Waals surface area contributed by atoms with Gasteiger partial charge in [-0.2, -0.15) is 5.43 Å². The molecule has 2 bridgehead atoms. The van der Waals surface area contributed by atoms with Gasteiger partial charge in [0.25, 0.3) is 0 Å².